The number of fused-ring (bicyclic) bond motifs is 1. The van der Waals surface area contributed by atoms with Crippen LogP contribution in [0.15, 0.2) is 59.4 Å². The molecule has 23 heavy (non-hydrogen) atoms. The van der Waals surface area contributed by atoms with Crippen LogP contribution in [0.3, 0.4) is 0 Å². The van der Waals surface area contributed by atoms with Gasteiger partial charge >= 0.3 is 11.2 Å². The third-order valence-corrected chi connectivity index (χ3v) is 3.61. The maximum Gasteiger partial charge on any atom is 0.357 e. The summed E-state index contributed by atoms with van der Waals surface area (Å²) < 4.78 is 1.38. The highest BCUT2D eigenvalue weighted by atomic mass is 16.6. The lowest BCUT2D eigenvalue weighted by atomic mass is 10.1. The normalized spacial score (nSPS) is 10.7. The summed E-state index contributed by atoms with van der Waals surface area (Å²) in [4.78, 5) is 23.7. The van der Waals surface area contributed by atoms with E-state index in [1.54, 1.807) is 42.5 Å². The Labute approximate surface area is 132 Å². The third-order valence-electron chi connectivity index (χ3n) is 3.61. The summed E-state index contributed by atoms with van der Waals surface area (Å²) in [5, 5.41) is 15.1. The predicted octanol–water partition coefficient (Wildman–Crippen LogP) is 3.33. The van der Waals surface area contributed by atoms with E-state index in [1.165, 1.54) is 4.57 Å². The fraction of sp³-hybridized carbons (Fsp3) is 0.118. The average molecular weight is 309 g/mol. The van der Waals surface area contributed by atoms with Crippen molar-refractivity contribution in [1.29, 1.82) is 0 Å². The Kier molecular flexibility index (Phi) is 3.80. The fourth-order valence-electron chi connectivity index (χ4n) is 2.69. The van der Waals surface area contributed by atoms with E-state index < -0.39 is 16.2 Å². The van der Waals surface area contributed by atoms with Crippen molar-refractivity contribution in [3.8, 4) is 5.69 Å². The van der Waals surface area contributed by atoms with Crippen LogP contribution in [0.25, 0.3) is 16.6 Å². The molecule has 0 aliphatic heterocycles. The second-order valence-electron chi connectivity index (χ2n) is 5.00. The van der Waals surface area contributed by atoms with Crippen molar-refractivity contribution in [3.63, 3.8) is 0 Å². The Hall–Kier alpha value is -3.15. The molecule has 1 N–H and O–H groups in total. The Morgan fingerprint density at radius 3 is 2.39 bits per heavy atom. The molecular formula is C17H15N3O3. The van der Waals surface area contributed by atoms with Gasteiger partial charge in [-0.3, -0.25) is 19.5 Å². The van der Waals surface area contributed by atoms with Crippen LogP contribution in [0.1, 0.15) is 6.92 Å². The molecular weight excluding hydrogens is 294 g/mol. The van der Waals surface area contributed by atoms with Gasteiger partial charge in [-0.15, -0.1) is 0 Å². The lowest BCUT2D eigenvalue weighted by molar-refractivity contribution is -0.385. The van der Waals surface area contributed by atoms with E-state index in [0.717, 1.165) is 0 Å². The zero-order valence-corrected chi connectivity index (χ0v) is 12.5. The van der Waals surface area contributed by atoms with Gasteiger partial charge in [-0.1, -0.05) is 36.4 Å². The lowest BCUT2D eigenvalue weighted by Gasteiger charge is -2.14. The predicted molar refractivity (Wildman–Crippen MR) is 90.4 cm³/mol. The Morgan fingerprint density at radius 1 is 1.09 bits per heavy atom. The van der Waals surface area contributed by atoms with Gasteiger partial charge in [-0.2, -0.15) is 0 Å². The van der Waals surface area contributed by atoms with Crippen LogP contribution in [0, 0.1) is 10.1 Å². The van der Waals surface area contributed by atoms with Crippen LogP contribution in [0.2, 0.25) is 0 Å². The lowest BCUT2D eigenvalue weighted by Crippen LogP contribution is -2.23. The van der Waals surface area contributed by atoms with Crippen LogP contribution < -0.4 is 10.9 Å². The molecule has 3 aromatic rings. The number of pyridine rings is 1. The first-order valence-electron chi connectivity index (χ1n) is 7.26. The number of hydrogen-bond acceptors (Lipinski definition) is 4. The molecule has 1 heterocycles. The summed E-state index contributed by atoms with van der Waals surface area (Å²) in [5.74, 6) is 0. The summed E-state index contributed by atoms with van der Waals surface area (Å²) in [6, 6.07) is 16.1. The summed E-state index contributed by atoms with van der Waals surface area (Å²) in [6.07, 6.45) is 0. The van der Waals surface area contributed by atoms with Crippen molar-refractivity contribution < 1.29 is 4.92 Å². The standard InChI is InChI=1S/C17H15N3O3/c1-2-18-15-13-10-6-7-11-14(13)19(12-8-4-3-5-9-12)17(21)16(15)20(22)23/h3-11,18H,2H2,1H3. The molecule has 0 unspecified atom stereocenters. The molecule has 0 aliphatic carbocycles. The van der Waals surface area contributed by atoms with Gasteiger partial charge in [0.2, 0.25) is 0 Å². The molecule has 0 radical (unpaired) electrons. The van der Waals surface area contributed by atoms with Gasteiger partial charge in [-0.05, 0) is 25.1 Å². The summed E-state index contributed by atoms with van der Waals surface area (Å²) >= 11 is 0. The summed E-state index contributed by atoms with van der Waals surface area (Å²) in [5.41, 5.74) is 0.417. The van der Waals surface area contributed by atoms with Crippen LogP contribution in [0.4, 0.5) is 11.4 Å². The largest absolute Gasteiger partial charge is 0.379 e. The first kappa shape index (κ1) is 14.8. The molecule has 0 bridgehead atoms. The van der Waals surface area contributed by atoms with Gasteiger partial charge in [0.15, 0.2) is 0 Å². The number of hydrogen-bond donors (Lipinski definition) is 1. The molecule has 6 heteroatoms. The molecule has 0 atom stereocenters. The number of aromatic nitrogens is 1. The maximum atomic E-state index is 12.8. The minimum Gasteiger partial charge on any atom is -0.379 e. The SMILES string of the molecule is CCNc1c([N+](=O)[O-])c(=O)n(-c2ccccc2)c2ccccc12. The molecule has 0 fully saturated rings. The summed E-state index contributed by atoms with van der Waals surface area (Å²) in [6.45, 7) is 2.32. The third kappa shape index (κ3) is 2.44. The molecule has 0 saturated carbocycles. The smallest absolute Gasteiger partial charge is 0.357 e. The number of anilines is 1. The van der Waals surface area contributed by atoms with Crippen molar-refractivity contribution in [2.45, 2.75) is 6.92 Å². The molecule has 0 saturated heterocycles. The van der Waals surface area contributed by atoms with Gasteiger partial charge in [0.25, 0.3) is 0 Å². The number of benzene rings is 2. The maximum absolute atomic E-state index is 12.8. The van der Waals surface area contributed by atoms with E-state index in [9.17, 15) is 14.9 Å². The van der Waals surface area contributed by atoms with Crippen LogP contribution in [0.5, 0.6) is 0 Å². The van der Waals surface area contributed by atoms with Crippen molar-refractivity contribution in [2.24, 2.45) is 0 Å². The van der Waals surface area contributed by atoms with Crippen molar-refractivity contribution in [2.75, 3.05) is 11.9 Å². The van der Waals surface area contributed by atoms with E-state index in [0.29, 0.717) is 23.1 Å². The van der Waals surface area contributed by atoms with E-state index in [-0.39, 0.29) is 5.69 Å². The molecule has 3 rings (SSSR count). The van der Waals surface area contributed by atoms with Gasteiger partial charge in [0, 0.05) is 17.6 Å². The Morgan fingerprint density at radius 2 is 1.74 bits per heavy atom. The Balaban J connectivity index is 2.51. The Bertz CT molecular complexity index is 933. The second-order valence-corrected chi connectivity index (χ2v) is 5.00. The van der Waals surface area contributed by atoms with Crippen LogP contribution >= 0.6 is 0 Å². The molecule has 0 spiro atoms. The fourth-order valence-corrected chi connectivity index (χ4v) is 2.69. The monoisotopic (exact) mass is 309 g/mol. The van der Waals surface area contributed by atoms with E-state index >= 15 is 0 Å². The van der Waals surface area contributed by atoms with Gasteiger partial charge in [0.1, 0.15) is 5.69 Å². The zero-order valence-electron chi connectivity index (χ0n) is 12.5. The highest BCUT2D eigenvalue weighted by molar-refractivity contribution is 5.96. The molecule has 6 nitrogen and oxygen atoms in total. The molecule has 2 aromatic carbocycles. The highest BCUT2D eigenvalue weighted by Crippen LogP contribution is 2.31. The van der Waals surface area contributed by atoms with Gasteiger partial charge < -0.3 is 5.32 Å². The van der Waals surface area contributed by atoms with E-state index in [2.05, 4.69) is 5.32 Å². The average Bonchev–Trinajstić information content (AvgIpc) is 2.56. The molecule has 1 aromatic heterocycles. The first-order valence-corrected chi connectivity index (χ1v) is 7.26. The summed E-state index contributed by atoms with van der Waals surface area (Å²) in [7, 11) is 0. The van der Waals surface area contributed by atoms with Crippen molar-refractivity contribution in [1.82, 2.24) is 4.57 Å². The minimum atomic E-state index is -0.643. The first-order chi connectivity index (χ1) is 11.1. The quantitative estimate of drug-likeness (QED) is 0.592. The number of nitrogens with zero attached hydrogens (tertiary/aromatic N) is 2. The molecule has 116 valence electrons. The minimum absolute atomic E-state index is 0.269. The van der Waals surface area contributed by atoms with Gasteiger partial charge in [-0.25, -0.2) is 0 Å². The van der Waals surface area contributed by atoms with Crippen LogP contribution in [-0.2, 0) is 0 Å². The van der Waals surface area contributed by atoms with Crippen molar-refractivity contribution in [3.05, 3.63) is 75.1 Å². The number of para-hydroxylation sites is 2. The zero-order chi connectivity index (χ0) is 16.4. The van der Waals surface area contributed by atoms with Crippen molar-refractivity contribution >= 4 is 22.3 Å². The van der Waals surface area contributed by atoms with Crippen LogP contribution in [-0.4, -0.2) is 16.0 Å². The second kappa shape index (κ2) is 5.92. The molecule has 0 aliphatic rings. The van der Waals surface area contributed by atoms with E-state index in [1.807, 2.05) is 19.1 Å². The number of rotatable bonds is 4. The highest BCUT2D eigenvalue weighted by Gasteiger charge is 2.25. The van der Waals surface area contributed by atoms with Gasteiger partial charge in [0.05, 0.1) is 10.4 Å². The topological polar surface area (TPSA) is 77.2 Å². The molecule has 0 amide bonds. The van der Waals surface area contributed by atoms with E-state index in [4.69, 9.17) is 0 Å². The number of nitro groups is 1. The number of nitrogens with one attached hydrogen (secondary N) is 1.